The van der Waals surface area contributed by atoms with Crippen molar-refractivity contribution in [2.24, 2.45) is 0 Å². The molecule has 0 bridgehead atoms. The second-order valence-electron chi connectivity index (χ2n) is 4.02. The molecule has 0 aliphatic rings. The summed E-state index contributed by atoms with van der Waals surface area (Å²) in [4.78, 5) is 23.0. The van der Waals surface area contributed by atoms with E-state index in [1.54, 1.807) is 13.0 Å². The third-order valence-electron chi connectivity index (χ3n) is 2.38. The molecule has 0 spiro atoms. The van der Waals surface area contributed by atoms with E-state index in [4.69, 9.17) is 9.63 Å². The molecular formula is C13H12N2O4S. The molecule has 6 nitrogen and oxygen atoms in total. The van der Waals surface area contributed by atoms with Crippen LogP contribution in [0.1, 0.15) is 26.7 Å². The van der Waals surface area contributed by atoms with E-state index in [-0.39, 0.29) is 11.6 Å². The Kier molecular flexibility index (Phi) is 4.31. The number of hydrogen-bond donors (Lipinski definition) is 2. The molecule has 0 atom stereocenters. The van der Waals surface area contributed by atoms with Crippen molar-refractivity contribution < 1.29 is 19.2 Å². The smallest absolute Gasteiger partial charge is 0.328 e. The van der Waals surface area contributed by atoms with E-state index >= 15 is 0 Å². The van der Waals surface area contributed by atoms with Gasteiger partial charge in [-0.25, -0.2) is 4.79 Å². The number of carbonyl (C=O) groups excluding carboxylic acids is 1. The van der Waals surface area contributed by atoms with E-state index < -0.39 is 5.97 Å². The van der Waals surface area contributed by atoms with Crippen LogP contribution in [-0.2, 0) is 11.3 Å². The second-order valence-corrected chi connectivity index (χ2v) is 5.02. The molecule has 0 aliphatic carbocycles. The highest BCUT2D eigenvalue weighted by Crippen LogP contribution is 2.16. The summed E-state index contributed by atoms with van der Waals surface area (Å²) >= 11 is 1.44. The Hall–Kier alpha value is -2.41. The van der Waals surface area contributed by atoms with E-state index in [1.165, 1.54) is 17.4 Å². The predicted octanol–water partition coefficient (Wildman–Crippen LogP) is 2.07. The summed E-state index contributed by atoms with van der Waals surface area (Å²) < 4.78 is 4.82. The van der Waals surface area contributed by atoms with Crippen LogP contribution in [-0.4, -0.2) is 22.1 Å². The number of aryl methyl sites for hydroxylation is 1. The number of aromatic nitrogens is 1. The van der Waals surface area contributed by atoms with Gasteiger partial charge in [-0.1, -0.05) is 5.16 Å². The molecule has 0 aromatic carbocycles. The number of rotatable bonds is 5. The number of nitrogens with zero attached hydrogens (tertiary/aromatic N) is 1. The first kappa shape index (κ1) is 14.0. The molecule has 1 amide bonds. The molecule has 2 aromatic heterocycles. The van der Waals surface area contributed by atoms with Gasteiger partial charge in [-0.05, 0) is 30.0 Å². The van der Waals surface area contributed by atoms with Gasteiger partial charge >= 0.3 is 5.97 Å². The average molecular weight is 292 g/mol. The monoisotopic (exact) mass is 292 g/mol. The van der Waals surface area contributed by atoms with Gasteiger partial charge in [0.25, 0.3) is 5.91 Å². The van der Waals surface area contributed by atoms with E-state index in [0.717, 1.165) is 16.5 Å². The van der Waals surface area contributed by atoms with Gasteiger partial charge in [0, 0.05) is 17.0 Å². The number of carbonyl (C=O) groups is 2. The molecule has 104 valence electrons. The molecule has 2 rings (SSSR count). The van der Waals surface area contributed by atoms with Crippen molar-refractivity contribution in [2.45, 2.75) is 13.5 Å². The summed E-state index contributed by atoms with van der Waals surface area (Å²) in [5.74, 6) is -0.724. The maximum Gasteiger partial charge on any atom is 0.328 e. The lowest BCUT2D eigenvalue weighted by Crippen LogP contribution is -2.22. The Bertz CT molecular complexity index is 657. The zero-order valence-corrected chi connectivity index (χ0v) is 11.4. The van der Waals surface area contributed by atoms with E-state index in [2.05, 4.69) is 10.5 Å². The molecule has 0 fully saturated rings. The first-order valence-electron chi connectivity index (χ1n) is 5.74. The van der Waals surface area contributed by atoms with Crippen molar-refractivity contribution in [2.75, 3.05) is 0 Å². The number of carboxylic acid groups (broad SMARTS) is 1. The van der Waals surface area contributed by atoms with Gasteiger partial charge in [-0.2, -0.15) is 0 Å². The summed E-state index contributed by atoms with van der Waals surface area (Å²) in [5, 5.41) is 16.7. The van der Waals surface area contributed by atoms with Crippen LogP contribution >= 0.6 is 11.3 Å². The summed E-state index contributed by atoms with van der Waals surface area (Å²) in [6.07, 6.45) is 2.58. The molecule has 0 radical (unpaired) electrons. The largest absolute Gasteiger partial charge is 0.478 e. The average Bonchev–Trinajstić information content (AvgIpc) is 3.02. The van der Waals surface area contributed by atoms with Gasteiger partial charge in [0.05, 0.1) is 6.54 Å². The fraction of sp³-hybridized carbons (Fsp3) is 0.154. The summed E-state index contributed by atoms with van der Waals surface area (Å²) in [7, 11) is 0. The number of carboxylic acids is 1. The molecule has 0 saturated heterocycles. The van der Waals surface area contributed by atoms with Gasteiger partial charge in [0.15, 0.2) is 5.69 Å². The minimum Gasteiger partial charge on any atom is -0.478 e. The number of nitrogens with one attached hydrogen (secondary N) is 1. The van der Waals surface area contributed by atoms with Crippen LogP contribution < -0.4 is 5.32 Å². The quantitative estimate of drug-likeness (QED) is 0.823. The minimum atomic E-state index is -0.993. The maximum atomic E-state index is 11.7. The van der Waals surface area contributed by atoms with Crippen molar-refractivity contribution in [1.29, 1.82) is 0 Å². The highest BCUT2D eigenvalue weighted by Gasteiger charge is 2.10. The van der Waals surface area contributed by atoms with E-state index in [0.29, 0.717) is 12.3 Å². The summed E-state index contributed by atoms with van der Waals surface area (Å²) in [6.45, 7) is 2.07. The summed E-state index contributed by atoms with van der Waals surface area (Å²) in [6, 6.07) is 3.38. The molecule has 2 N–H and O–H groups in total. The first-order valence-corrected chi connectivity index (χ1v) is 6.62. The first-order chi connectivity index (χ1) is 9.54. The lowest BCUT2D eigenvalue weighted by molar-refractivity contribution is -0.131. The SMILES string of the molecule is Cc1cc(C(=O)NCc2cc(C=CC(=O)O)cs2)no1. The second kappa shape index (κ2) is 6.16. The maximum absolute atomic E-state index is 11.7. The Morgan fingerprint density at radius 1 is 1.50 bits per heavy atom. The molecule has 20 heavy (non-hydrogen) atoms. The fourth-order valence-electron chi connectivity index (χ4n) is 1.48. The van der Waals surface area contributed by atoms with Gasteiger partial charge in [-0.15, -0.1) is 11.3 Å². The Morgan fingerprint density at radius 3 is 2.95 bits per heavy atom. The lowest BCUT2D eigenvalue weighted by Gasteiger charge is -1.99. The number of amides is 1. The zero-order chi connectivity index (χ0) is 14.5. The molecule has 7 heteroatoms. The van der Waals surface area contributed by atoms with Crippen molar-refractivity contribution in [3.8, 4) is 0 Å². The predicted molar refractivity (Wildman–Crippen MR) is 73.4 cm³/mol. The topological polar surface area (TPSA) is 92.4 Å². The molecule has 0 aliphatic heterocycles. The Balaban J connectivity index is 1.91. The highest BCUT2D eigenvalue weighted by atomic mass is 32.1. The number of hydrogen-bond acceptors (Lipinski definition) is 5. The summed E-state index contributed by atoms with van der Waals surface area (Å²) in [5.41, 5.74) is 1.03. The van der Waals surface area contributed by atoms with Gasteiger partial charge in [-0.3, -0.25) is 4.79 Å². The zero-order valence-electron chi connectivity index (χ0n) is 10.6. The normalized spacial score (nSPS) is 10.8. The fourth-order valence-corrected chi connectivity index (χ4v) is 2.27. The molecule has 2 heterocycles. The molecule has 2 aromatic rings. The Morgan fingerprint density at radius 2 is 2.30 bits per heavy atom. The van der Waals surface area contributed by atoms with E-state index in [9.17, 15) is 9.59 Å². The number of thiophene rings is 1. The molecular weight excluding hydrogens is 280 g/mol. The van der Waals surface area contributed by atoms with Crippen LogP contribution in [0.4, 0.5) is 0 Å². The molecule has 0 unspecified atom stereocenters. The number of aliphatic carboxylic acids is 1. The van der Waals surface area contributed by atoms with Crippen LogP contribution in [0.2, 0.25) is 0 Å². The third-order valence-corrected chi connectivity index (χ3v) is 3.33. The van der Waals surface area contributed by atoms with Crippen molar-refractivity contribution in [3.63, 3.8) is 0 Å². The minimum absolute atomic E-state index is 0.241. The third kappa shape index (κ3) is 3.79. The molecule has 0 saturated carbocycles. The van der Waals surface area contributed by atoms with Crippen LogP contribution in [0.25, 0.3) is 6.08 Å². The van der Waals surface area contributed by atoms with Crippen LogP contribution in [0.3, 0.4) is 0 Å². The van der Waals surface area contributed by atoms with Crippen molar-refractivity contribution in [1.82, 2.24) is 10.5 Å². The van der Waals surface area contributed by atoms with Gasteiger partial charge in [0.1, 0.15) is 5.76 Å². The van der Waals surface area contributed by atoms with Crippen molar-refractivity contribution >= 4 is 29.3 Å². The lowest BCUT2D eigenvalue weighted by atomic mass is 10.3. The van der Waals surface area contributed by atoms with Crippen LogP contribution in [0.5, 0.6) is 0 Å². The van der Waals surface area contributed by atoms with Crippen LogP contribution in [0.15, 0.2) is 28.1 Å². The van der Waals surface area contributed by atoms with Crippen LogP contribution in [0, 0.1) is 6.92 Å². The highest BCUT2D eigenvalue weighted by molar-refractivity contribution is 7.10. The van der Waals surface area contributed by atoms with Gasteiger partial charge < -0.3 is 14.9 Å². The standard InChI is InChI=1S/C13H12N2O4S/c1-8-4-11(15-19-8)13(18)14-6-10-5-9(7-20-10)2-3-12(16)17/h2-5,7H,6H2,1H3,(H,14,18)(H,16,17). The van der Waals surface area contributed by atoms with Crippen molar-refractivity contribution in [3.05, 3.63) is 45.5 Å². The van der Waals surface area contributed by atoms with E-state index in [1.807, 2.05) is 11.4 Å². The van der Waals surface area contributed by atoms with Gasteiger partial charge in [0.2, 0.25) is 0 Å². The Labute approximate surface area is 118 Å².